The van der Waals surface area contributed by atoms with Crippen molar-refractivity contribution in [3.63, 3.8) is 0 Å². The lowest BCUT2D eigenvalue weighted by Gasteiger charge is -2.40. The molecule has 1 amide bonds. The number of amides is 1. The maximum atomic E-state index is 13.5. The van der Waals surface area contributed by atoms with E-state index >= 15 is 0 Å². The summed E-state index contributed by atoms with van der Waals surface area (Å²) < 4.78 is 29.2. The predicted molar refractivity (Wildman–Crippen MR) is 155 cm³/mol. The number of anilines is 1. The number of hydrogen-bond acceptors (Lipinski definition) is 4. The summed E-state index contributed by atoms with van der Waals surface area (Å²) in [7, 11) is -3.86. The molecule has 1 fully saturated rings. The number of piperazine rings is 1. The Morgan fingerprint density at radius 2 is 1.28 bits per heavy atom. The molecule has 0 bridgehead atoms. The van der Waals surface area contributed by atoms with Crippen LogP contribution in [0.25, 0.3) is 0 Å². The van der Waals surface area contributed by atoms with Crippen LogP contribution < -0.4 is 4.72 Å². The van der Waals surface area contributed by atoms with Crippen molar-refractivity contribution < 1.29 is 13.2 Å². The van der Waals surface area contributed by atoms with Crippen molar-refractivity contribution in [1.29, 1.82) is 0 Å². The molecular formula is C32H33N3O3S. The zero-order chi connectivity index (χ0) is 27.4. The Labute approximate surface area is 231 Å². The fourth-order valence-corrected chi connectivity index (χ4v) is 6.56. The first-order valence-electron chi connectivity index (χ1n) is 13.2. The van der Waals surface area contributed by atoms with E-state index in [1.807, 2.05) is 36.1 Å². The molecule has 200 valence electrons. The predicted octanol–water partition coefficient (Wildman–Crippen LogP) is 5.65. The van der Waals surface area contributed by atoms with E-state index in [9.17, 15) is 13.2 Å². The second-order valence-corrected chi connectivity index (χ2v) is 11.6. The number of para-hydroxylation sites is 1. The molecule has 5 rings (SSSR count). The third-order valence-corrected chi connectivity index (χ3v) is 8.82. The molecule has 0 aliphatic carbocycles. The number of benzene rings is 4. The number of carbonyl (C=O) groups excluding carboxylic acids is 1. The highest BCUT2D eigenvalue weighted by Crippen LogP contribution is 2.30. The molecule has 0 spiro atoms. The molecule has 1 aliphatic heterocycles. The third-order valence-electron chi connectivity index (χ3n) is 7.31. The Morgan fingerprint density at radius 1 is 0.718 bits per heavy atom. The van der Waals surface area contributed by atoms with Gasteiger partial charge in [0.05, 0.1) is 16.6 Å². The van der Waals surface area contributed by atoms with Crippen molar-refractivity contribution >= 4 is 21.6 Å². The molecule has 1 saturated heterocycles. The molecule has 6 nitrogen and oxygen atoms in total. The van der Waals surface area contributed by atoms with Crippen molar-refractivity contribution in [2.24, 2.45) is 0 Å². The minimum atomic E-state index is -3.86. The van der Waals surface area contributed by atoms with Crippen molar-refractivity contribution in [3.8, 4) is 0 Å². The smallest absolute Gasteiger partial charge is 0.262 e. The molecule has 0 saturated carbocycles. The summed E-state index contributed by atoms with van der Waals surface area (Å²) in [6.45, 7) is 6.15. The summed E-state index contributed by atoms with van der Waals surface area (Å²) >= 11 is 0. The van der Waals surface area contributed by atoms with Gasteiger partial charge in [0, 0.05) is 31.7 Å². The standard InChI is InChI=1S/C32H33N3O3S/c1-24-11-9-10-16-29(24)33-39(37,38)30-23-28(18-17-25(30)2)32(36)35-21-19-34(20-22-35)31(26-12-5-3-6-13-26)27-14-7-4-8-15-27/h3-18,23,31,33H,19-22H2,1-2H3. The van der Waals surface area contributed by atoms with Crippen LogP contribution in [0, 0.1) is 13.8 Å². The molecule has 0 atom stereocenters. The van der Waals surface area contributed by atoms with Crippen molar-refractivity contribution in [1.82, 2.24) is 9.80 Å². The zero-order valence-corrected chi connectivity index (χ0v) is 23.1. The van der Waals surface area contributed by atoms with Gasteiger partial charge < -0.3 is 4.90 Å². The first-order chi connectivity index (χ1) is 18.8. The summed E-state index contributed by atoms with van der Waals surface area (Å²) in [6.07, 6.45) is 0. The Kier molecular flexibility index (Phi) is 7.82. The van der Waals surface area contributed by atoms with Crippen molar-refractivity contribution in [3.05, 3.63) is 131 Å². The number of rotatable bonds is 7. The number of carbonyl (C=O) groups is 1. The van der Waals surface area contributed by atoms with Gasteiger partial charge in [0.1, 0.15) is 0 Å². The SMILES string of the molecule is Cc1ccccc1NS(=O)(=O)c1cc(C(=O)N2CCN(C(c3ccccc3)c3ccccc3)CC2)ccc1C. The maximum absolute atomic E-state index is 13.5. The topological polar surface area (TPSA) is 69.7 Å². The highest BCUT2D eigenvalue weighted by atomic mass is 32.2. The van der Waals surface area contributed by atoms with E-state index in [1.165, 1.54) is 17.2 Å². The lowest BCUT2D eigenvalue weighted by atomic mass is 9.96. The Morgan fingerprint density at radius 3 is 1.87 bits per heavy atom. The molecule has 4 aromatic rings. The average molecular weight is 540 g/mol. The molecule has 0 radical (unpaired) electrons. The van der Waals surface area contributed by atoms with Gasteiger partial charge in [0.2, 0.25) is 0 Å². The van der Waals surface area contributed by atoms with Crippen LogP contribution in [-0.2, 0) is 10.0 Å². The quantitative estimate of drug-likeness (QED) is 0.329. The summed E-state index contributed by atoms with van der Waals surface area (Å²) in [6, 6.07) is 33.1. The lowest BCUT2D eigenvalue weighted by molar-refractivity contribution is 0.0597. The molecule has 1 heterocycles. The summed E-state index contributed by atoms with van der Waals surface area (Å²) in [4.78, 5) is 17.9. The van der Waals surface area contributed by atoms with Crippen molar-refractivity contribution in [2.45, 2.75) is 24.8 Å². The summed E-state index contributed by atoms with van der Waals surface area (Å²) in [5.41, 5.74) is 4.76. The Hall–Kier alpha value is -3.94. The first-order valence-corrected chi connectivity index (χ1v) is 14.6. The van der Waals surface area contributed by atoms with Gasteiger partial charge in [-0.2, -0.15) is 0 Å². The van der Waals surface area contributed by atoms with E-state index < -0.39 is 10.0 Å². The largest absolute Gasteiger partial charge is 0.336 e. The molecule has 0 aromatic heterocycles. The van der Waals surface area contributed by atoms with Crippen LogP contribution in [0.1, 0.15) is 38.7 Å². The fraction of sp³-hybridized carbons (Fsp3) is 0.219. The van der Waals surface area contributed by atoms with Gasteiger partial charge in [0.15, 0.2) is 0 Å². The van der Waals surface area contributed by atoms with E-state index in [2.05, 4.69) is 58.2 Å². The second-order valence-electron chi connectivity index (χ2n) is 9.95. The number of aryl methyl sites for hydroxylation is 2. The Balaban J connectivity index is 1.33. The molecule has 7 heteroatoms. The van der Waals surface area contributed by atoms with Crippen LogP contribution in [-0.4, -0.2) is 50.3 Å². The second kappa shape index (κ2) is 11.4. The number of nitrogens with one attached hydrogen (secondary N) is 1. The van der Waals surface area contributed by atoms with Crippen LogP contribution >= 0.6 is 0 Å². The van der Waals surface area contributed by atoms with Gasteiger partial charge in [-0.25, -0.2) is 8.42 Å². The minimum Gasteiger partial charge on any atom is -0.336 e. The molecule has 1 aliphatic rings. The fourth-order valence-electron chi connectivity index (χ4n) is 5.16. The van der Waals surface area contributed by atoms with Crippen LogP contribution in [0.3, 0.4) is 0 Å². The van der Waals surface area contributed by atoms with Gasteiger partial charge in [-0.15, -0.1) is 0 Å². The van der Waals surface area contributed by atoms with E-state index in [1.54, 1.807) is 31.2 Å². The Bertz CT molecular complexity index is 1510. The van der Waals surface area contributed by atoms with Crippen LogP contribution in [0.4, 0.5) is 5.69 Å². The van der Waals surface area contributed by atoms with Gasteiger partial charge in [-0.3, -0.25) is 14.4 Å². The molecule has 4 aromatic carbocycles. The van der Waals surface area contributed by atoms with Gasteiger partial charge >= 0.3 is 0 Å². The highest BCUT2D eigenvalue weighted by molar-refractivity contribution is 7.92. The van der Waals surface area contributed by atoms with Crippen LogP contribution in [0.5, 0.6) is 0 Å². The lowest BCUT2D eigenvalue weighted by Crippen LogP contribution is -2.49. The maximum Gasteiger partial charge on any atom is 0.262 e. The molecule has 0 unspecified atom stereocenters. The van der Waals surface area contributed by atoms with Gasteiger partial charge in [-0.1, -0.05) is 84.9 Å². The number of sulfonamides is 1. The van der Waals surface area contributed by atoms with E-state index in [4.69, 9.17) is 0 Å². The highest BCUT2D eigenvalue weighted by Gasteiger charge is 2.29. The minimum absolute atomic E-state index is 0.105. The third kappa shape index (κ3) is 5.90. The van der Waals surface area contributed by atoms with Gasteiger partial charge in [0.25, 0.3) is 15.9 Å². The van der Waals surface area contributed by atoms with Gasteiger partial charge in [-0.05, 0) is 54.3 Å². The monoisotopic (exact) mass is 539 g/mol. The van der Waals surface area contributed by atoms with E-state index in [-0.39, 0.29) is 16.8 Å². The molecule has 1 N–H and O–H groups in total. The van der Waals surface area contributed by atoms with Crippen LogP contribution in [0.2, 0.25) is 0 Å². The molecular weight excluding hydrogens is 506 g/mol. The number of hydrogen-bond donors (Lipinski definition) is 1. The molecule has 39 heavy (non-hydrogen) atoms. The number of nitrogens with zero attached hydrogens (tertiary/aromatic N) is 2. The summed E-state index contributed by atoms with van der Waals surface area (Å²) in [5.74, 6) is -0.155. The normalized spacial score (nSPS) is 14.4. The average Bonchev–Trinajstić information content (AvgIpc) is 2.96. The van der Waals surface area contributed by atoms with E-state index in [0.717, 1.165) is 5.56 Å². The van der Waals surface area contributed by atoms with Crippen LogP contribution in [0.15, 0.2) is 108 Å². The zero-order valence-electron chi connectivity index (χ0n) is 22.2. The van der Waals surface area contributed by atoms with Crippen molar-refractivity contribution in [2.75, 3.05) is 30.9 Å². The first kappa shape index (κ1) is 26.7. The van der Waals surface area contributed by atoms with E-state index in [0.29, 0.717) is 43.0 Å². The summed E-state index contributed by atoms with van der Waals surface area (Å²) in [5, 5.41) is 0.